The molecule has 0 amide bonds. The summed E-state index contributed by atoms with van der Waals surface area (Å²) in [7, 11) is 5.73. The number of aryl methyl sites for hydroxylation is 1. The van der Waals surface area contributed by atoms with Gasteiger partial charge in [0.2, 0.25) is 0 Å². The molecule has 2 nitrogen and oxygen atoms in total. The summed E-state index contributed by atoms with van der Waals surface area (Å²) in [6.07, 6.45) is 0. The molecule has 0 N–H and O–H groups in total. The third-order valence-corrected chi connectivity index (χ3v) is 1.88. The lowest BCUT2D eigenvalue weighted by Crippen LogP contribution is -2.10. The maximum absolute atomic E-state index is 5.30. The summed E-state index contributed by atoms with van der Waals surface area (Å²) in [5, 5.41) is 0. The van der Waals surface area contributed by atoms with Crippen molar-refractivity contribution in [2.24, 2.45) is 0 Å². The fraction of sp³-hybridized carbons (Fsp3) is 0.400. The molecule has 0 aliphatic carbocycles. The Morgan fingerprint density at radius 2 is 1.92 bits per heavy atom. The molecule has 0 radical (unpaired) electrons. The standard InChI is InChI=1S/C10H15NO/c1-8-6-5-7-9(11(2)3)10(8)12-4/h5-7H,1-4H3. The molecule has 0 saturated carbocycles. The van der Waals surface area contributed by atoms with Gasteiger partial charge in [-0.2, -0.15) is 0 Å². The maximum atomic E-state index is 5.30. The zero-order valence-corrected chi connectivity index (χ0v) is 8.09. The fourth-order valence-electron chi connectivity index (χ4n) is 1.25. The molecule has 0 fully saturated rings. The highest BCUT2D eigenvalue weighted by atomic mass is 16.5. The van der Waals surface area contributed by atoms with E-state index in [1.165, 1.54) is 5.56 Å². The van der Waals surface area contributed by atoms with Crippen LogP contribution in [0.15, 0.2) is 18.2 Å². The number of ether oxygens (including phenoxy) is 1. The second-order valence-corrected chi connectivity index (χ2v) is 3.02. The summed E-state index contributed by atoms with van der Waals surface area (Å²) < 4.78 is 5.30. The van der Waals surface area contributed by atoms with Gasteiger partial charge in [0.05, 0.1) is 12.8 Å². The van der Waals surface area contributed by atoms with Crippen molar-refractivity contribution in [3.63, 3.8) is 0 Å². The van der Waals surface area contributed by atoms with Gasteiger partial charge in [0.1, 0.15) is 5.75 Å². The summed E-state index contributed by atoms with van der Waals surface area (Å²) in [5.41, 5.74) is 2.29. The minimum absolute atomic E-state index is 0.961. The molecule has 0 heterocycles. The first-order valence-corrected chi connectivity index (χ1v) is 3.97. The first-order chi connectivity index (χ1) is 5.66. The van der Waals surface area contributed by atoms with E-state index in [-0.39, 0.29) is 0 Å². The van der Waals surface area contributed by atoms with Gasteiger partial charge in [0, 0.05) is 14.1 Å². The average Bonchev–Trinajstić information content (AvgIpc) is 2.03. The molecule has 0 aliphatic heterocycles. The highest BCUT2D eigenvalue weighted by molar-refractivity contribution is 5.60. The van der Waals surface area contributed by atoms with Crippen molar-refractivity contribution < 1.29 is 4.74 Å². The smallest absolute Gasteiger partial charge is 0.145 e. The fourth-order valence-corrected chi connectivity index (χ4v) is 1.25. The van der Waals surface area contributed by atoms with E-state index in [0.29, 0.717) is 0 Å². The van der Waals surface area contributed by atoms with Gasteiger partial charge in [-0.05, 0) is 18.6 Å². The Labute approximate surface area is 73.8 Å². The second-order valence-electron chi connectivity index (χ2n) is 3.02. The minimum Gasteiger partial charge on any atom is -0.494 e. The number of para-hydroxylation sites is 1. The van der Waals surface area contributed by atoms with Crippen LogP contribution in [-0.4, -0.2) is 21.2 Å². The maximum Gasteiger partial charge on any atom is 0.145 e. The van der Waals surface area contributed by atoms with Gasteiger partial charge in [0.25, 0.3) is 0 Å². The molecule has 12 heavy (non-hydrogen) atoms. The van der Waals surface area contributed by atoms with Gasteiger partial charge in [-0.15, -0.1) is 0 Å². The Balaban J connectivity index is 3.18. The molecular weight excluding hydrogens is 150 g/mol. The van der Waals surface area contributed by atoms with Crippen LogP contribution in [0.4, 0.5) is 5.69 Å². The summed E-state index contributed by atoms with van der Waals surface area (Å²) in [6, 6.07) is 6.13. The molecule has 1 aromatic carbocycles. The van der Waals surface area contributed by atoms with Gasteiger partial charge in [0.15, 0.2) is 0 Å². The molecule has 0 aliphatic rings. The molecule has 0 bridgehead atoms. The van der Waals surface area contributed by atoms with Crippen LogP contribution in [0.2, 0.25) is 0 Å². The predicted molar refractivity (Wildman–Crippen MR) is 52.1 cm³/mol. The van der Waals surface area contributed by atoms with Crippen molar-refractivity contribution in [1.29, 1.82) is 0 Å². The van der Waals surface area contributed by atoms with Crippen molar-refractivity contribution in [2.75, 3.05) is 26.1 Å². The van der Waals surface area contributed by atoms with E-state index < -0.39 is 0 Å². The van der Waals surface area contributed by atoms with E-state index in [1.54, 1.807) is 7.11 Å². The monoisotopic (exact) mass is 165 g/mol. The van der Waals surface area contributed by atoms with E-state index >= 15 is 0 Å². The van der Waals surface area contributed by atoms with Crippen LogP contribution in [0, 0.1) is 6.92 Å². The quantitative estimate of drug-likeness (QED) is 0.665. The average molecular weight is 165 g/mol. The first-order valence-electron chi connectivity index (χ1n) is 3.97. The van der Waals surface area contributed by atoms with Gasteiger partial charge in [-0.25, -0.2) is 0 Å². The third kappa shape index (κ3) is 1.52. The normalized spacial score (nSPS) is 9.67. The molecular formula is C10H15NO. The molecule has 1 aromatic rings. The van der Waals surface area contributed by atoms with Crippen LogP contribution in [0.1, 0.15) is 5.56 Å². The van der Waals surface area contributed by atoms with Crippen LogP contribution < -0.4 is 9.64 Å². The third-order valence-electron chi connectivity index (χ3n) is 1.88. The van der Waals surface area contributed by atoms with Crippen LogP contribution in [0.3, 0.4) is 0 Å². The molecule has 0 unspecified atom stereocenters. The Morgan fingerprint density at radius 3 is 2.33 bits per heavy atom. The van der Waals surface area contributed by atoms with Crippen molar-refractivity contribution >= 4 is 5.69 Å². The number of rotatable bonds is 2. The zero-order chi connectivity index (χ0) is 9.14. The molecule has 0 atom stereocenters. The molecule has 0 spiro atoms. The van der Waals surface area contributed by atoms with E-state index in [2.05, 4.69) is 0 Å². The number of benzene rings is 1. The van der Waals surface area contributed by atoms with E-state index in [9.17, 15) is 0 Å². The van der Waals surface area contributed by atoms with Crippen LogP contribution >= 0.6 is 0 Å². The lowest BCUT2D eigenvalue weighted by molar-refractivity contribution is 0.412. The Bertz CT molecular complexity index is 269. The summed E-state index contributed by atoms with van der Waals surface area (Å²) in [6.45, 7) is 2.05. The number of hydrogen-bond acceptors (Lipinski definition) is 2. The molecule has 2 heteroatoms. The van der Waals surface area contributed by atoms with Crippen LogP contribution in [0.5, 0.6) is 5.75 Å². The lowest BCUT2D eigenvalue weighted by atomic mass is 10.2. The highest BCUT2D eigenvalue weighted by Gasteiger charge is 2.05. The summed E-state index contributed by atoms with van der Waals surface area (Å²) in [5.74, 6) is 0.961. The number of anilines is 1. The minimum atomic E-state index is 0.961. The summed E-state index contributed by atoms with van der Waals surface area (Å²) in [4.78, 5) is 2.05. The molecule has 0 saturated heterocycles. The number of methoxy groups -OCH3 is 1. The largest absolute Gasteiger partial charge is 0.494 e. The predicted octanol–water partition coefficient (Wildman–Crippen LogP) is 2.07. The summed E-state index contributed by atoms with van der Waals surface area (Å²) >= 11 is 0. The van der Waals surface area contributed by atoms with Gasteiger partial charge >= 0.3 is 0 Å². The zero-order valence-electron chi connectivity index (χ0n) is 8.09. The van der Waals surface area contributed by atoms with E-state index in [4.69, 9.17) is 4.74 Å². The highest BCUT2D eigenvalue weighted by Crippen LogP contribution is 2.29. The SMILES string of the molecule is COc1c(C)cccc1N(C)C. The van der Waals surface area contributed by atoms with E-state index in [0.717, 1.165) is 11.4 Å². The molecule has 66 valence electrons. The van der Waals surface area contributed by atoms with Crippen molar-refractivity contribution in [2.45, 2.75) is 6.92 Å². The van der Waals surface area contributed by atoms with Crippen molar-refractivity contribution in [1.82, 2.24) is 0 Å². The van der Waals surface area contributed by atoms with Crippen molar-refractivity contribution in [3.8, 4) is 5.75 Å². The van der Waals surface area contributed by atoms with Crippen LogP contribution in [0.25, 0.3) is 0 Å². The van der Waals surface area contributed by atoms with Gasteiger partial charge in [-0.3, -0.25) is 0 Å². The Hall–Kier alpha value is -1.18. The molecule has 1 rings (SSSR count). The second kappa shape index (κ2) is 3.48. The lowest BCUT2D eigenvalue weighted by Gasteiger charge is -2.17. The van der Waals surface area contributed by atoms with Gasteiger partial charge < -0.3 is 9.64 Å². The van der Waals surface area contributed by atoms with Gasteiger partial charge in [-0.1, -0.05) is 12.1 Å². The number of hydrogen-bond donors (Lipinski definition) is 0. The van der Waals surface area contributed by atoms with Crippen LogP contribution in [-0.2, 0) is 0 Å². The Kier molecular flexibility index (Phi) is 2.58. The van der Waals surface area contributed by atoms with Crippen molar-refractivity contribution in [3.05, 3.63) is 23.8 Å². The Morgan fingerprint density at radius 1 is 1.25 bits per heavy atom. The topological polar surface area (TPSA) is 12.5 Å². The molecule has 0 aromatic heterocycles. The first kappa shape index (κ1) is 8.91. The van der Waals surface area contributed by atoms with E-state index in [1.807, 2.05) is 44.1 Å². The number of nitrogens with zero attached hydrogens (tertiary/aromatic N) is 1.